The highest BCUT2D eigenvalue weighted by atomic mass is 32.2. The standard InChI is InChI=1S/C11H16NO2S/c1-3-4-9-15(13,14)11-8-6-5-7-10(11)12-2/h5-7,12H,3-4,9H2,1-2H3. The normalized spacial score (nSPS) is 11.3. The number of sulfone groups is 1. The van der Waals surface area contributed by atoms with Gasteiger partial charge in [0.05, 0.1) is 16.3 Å². The van der Waals surface area contributed by atoms with Crippen molar-refractivity contribution in [3.05, 3.63) is 24.3 Å². The zero-order chi connectivity index (χ0) is 11.3. The van der Waals surface area contributed by atoms with E-state index in [1.54, 1.807) is 25.2 Å². The van der Waals surface area contributed by atoms with Crippen LogP contribution in [0.3, 0.4) is 0 Å². The van der Waals surface area contributed by atoms with Crippen molar-refractivity contribution in [2.24, 2.45) is 0 Å². The number of benzene rings is 1. The van der Waals surface area contributed by atoms with Crippen LogP contribution < -0.4 is 5.32 Å². The van der Waals surface area contributed by atoms with E-state index in [-0.39, 0.29) is 10.6 Å². The van der Waals surface area contributed by atoms with Crippen molar-refractivity contribution >= 4 is 15.5 Å². The summed E-state index contributed by atoms with van der Waals surface area (Å²) in [6.07, 6.45) is 1.56. The molecule has 0 spiro atoms. The Hall–Kier alpha value is -1.03. The van der Waals surface area contributed by atoms with E-state index in [9.17, 15) is 8.42 Å². The molecule has 0 saturated heterocycles. The van der Waals surface area contributed by atoms with Crippen molar-refractivity contribution in [3.63, 3.8) is 0 Å². The molecule has 15 heavy (non-hydrogen) atoms. The Balaban J connectivity index is 3.04. The van der Waals surface area contributed by atoms with Crippen molar-refractivity contribution in [1.82, 2.24) is 0 Å². The van der Waals surface area contributed by atoms with E-state index in [0.717, 1.165) is 6.42 Å². The SMILES string of the molecule is CCCCS(=O)(=O)c1[c]cccc1NC. The summed E-state index contributed by atoms with van der Waals surface area (Å²) in [6.45, 7) is 1.98. The predicted octanol–water partition coefficient (Wildman–Crippen LogP) is 2.10. The molecular formula is C11H16NO2S. The fraction of sp³-hybridized carbons (Fsp3) is 0.455. The largest absolute Gasteiger partial charge is 0.387 e. The lowest BCUT2D eigenvalue weighted by molar-refractivity contribution is 0.593. The minimum atomic E-state index is -3.18. The fourth-order valence-electron chi connectivity index (χ4n) is 1.31. The highest BCUT2D eigenvalue weighted by Gasteiger charge is 2.17. The van der Waals surface area contributed by atoms with Gasteiger partial charge in [-0.2, -0.15) is 0 Å². The van der Waals surface area contributed by atoms with Gasteiger partial charge < -0.3 is 5.32 Å². The first-order chi connectivity index (χ1) is 7.11. The highest BCUT2D eigenvalue weighted by Crippen LogP contribution is 2.21. The van der Waals surface area contributed by atoms with Crippen LogP contribution in [0.4, 0.5) is 5.69 Å². The molecule has 0 unspecified atom stereocenters. The molecule has 1 aromatic carbocycles. The van der Waals surface area contributed by atoms with Crippen LogP contribution in [0.15, 0.2) is 23.1 Å². The molecule has 0 heterocycles. The van der Waals surface area contributed by atoms with Gasteiger partial charge >= 0.3 is 0 Å². The summed E-state index contributed by atoms with van der Waals surface area (Å²) in [4.78, 5) is 0.279. The second kappa shape index (κ2) is 5.16. The van der Waals surface area contributed by atoms with Crippen LogP contribution in [0.25, 0.3) is 0 Å². The molecule has 0 aromatic heterocycles. The van der Waals surface area contributed by atoms with Crippen LogP contribution in [0.5, 0.6) is 0 Å². The van der Waals surface area contributed by atoms with Gasteiger partial charge in [-0.1, -0.05) is 25.5 Å². The molecule has 1 aromatic rings. The summed E-state index contributed by atoms with van der Waals surface area (Å²) in [6, 6.07) is 7.93. The maximum Gasteiger partial charge on any atom is 0.181 e. The molecule has 4 heteroatoms. The van der Waals surface area contributed by atoms with Crippen molar-refractivity contribution in [2.75, 3.05) is 18.1 Å². The van der Waals surface area contributed by atoms with Gasteiger partial charge in [-0.05, 0) is 12.5 Å². The molecule has 0 aliphatic heterocycles. The Labute approximate surface area is 91.4 Å². The number of anilines is 1. The second-order valence-corrected chi connectivity index (χ2v) is 5.38. The van der Waals surface area contributed by atoms with Gasteiger partial charge in [0.1, 0.15) is 0 Å². The van der Waals surface area contributed by atoms with E-state index in [4.69, 9.17) is 0 Å². The van der Waals surface area contributed by atoms with Crippen LogP contribution in [-0.2, 0) is 9.84 Å². The third-order valence-electron chi connectivity index (χ3n) is 2.17. The van der Waals surface area contributed by atoms with E-state index >= 15 is 0 Å². The van der Waals surface area contributed by atoms with Gasteiger partial charge in [0.15, 0.2) is 9.84 Å². The smallest absolute Gasteiger partial charge is 0.181 e. The second-order valence-electron chi connectivity index (χ2n) is 3.34. The van der Waals surface area contributed by atoms with Crippen LogP contribution >= 0.6 is 0 Å². The number of hydrogen-bond donors (Lipinski definition) is 1. The number of rotatable bonds is 5. The van der Waals surface area contributed by atoms with Crippen LogP contribution in [0.1, 0.15) is 19.8 Å². The van der Waals surface area contributed by atoms with Gasteiger partial charge in [0, 0.05) is 13.1 Å². The molecule has 3 nitrogen and oxygen atoms in total. The lowest BCUT2D eigenvalue weighted by Crippen LogP contribution is -2.09. The van der Waals surface area contributed by atoms with Gasteiger partial charge in [-0.3, -0.25) is 0 Å². The van der Waals surface area contributed by atoms with Crippen LogP contribution in [0, 0.1) is 6.07 Å². The van der Waals surface area contributed by atoms with E-state index < -0.39 is 9.84 Å². The molecule has 0 aliphatic rings. The van der Waals surface area contributed by atoms with E-state index in [1.807, 2.05) is 6.92 Å². The first-order valence-electron chi connectivity index (χ1n) is 5.03. The summed E-state index contributed by atoms with van der Waals surface area (Å²) >= 11 is 0. The fourth-order valence-corrected chi connectivity index (χ4v) is 2.94. The van der Waals surface area contributed by atoms with E-state index in [2.05, 4.69) is 11.4 Å². The lowest BCUT2D eigenvalue weighted by atomic mass is 10.3. The maximum absolute atomic E-state index is 11.9. The average Bonchev–Trinajstić information content (AvgIpc) is 2.26. The Kier molecular flexibility index (Phi) is 4.15. The summed E-state index contributed by atoms with van der Waals surface area (Å²) in [7, 11) is -1.47. The Morgan fingerprint density at radius 2 is 2.20 bits per heavy atom. The maximum atomic E-state index is 11.9. The molecule has 1 radical (unpaired) electrons. The molecule has 0 amide bonds. The first kappa shape index (κ1) is 12.0. The topological polar surface area (TPSA) is 46.2 Å². The monoisotopic (exact) mass is 226 g/mol. The van der Waals surface area contributed by atoms with Crippen molar-refractivity contribution in [1.29, 1.82) is 0 Å². The van der Waals surface area contributed by atoms with Gasteiger partial charge in [-0.15, -0.1) is 0 Å². The van der Waals surface area contributed by atoms with Gasteiger partial charge in [-0.25, -0.2) is 8.42 Å². The predicted molar refractivity (Wildman–Crippen MR) is 61.8 cm³/mol. The summed E-state index contributed by atoms with van der Waals surface area (Å²) < 4.78 is 23.8. The van der Waals surface area contributed by atoms with Crippen molar-refractivity contribution in [3.8, 4) is 0 Å². The molecule has 0 atom stereocenters. The third kappa shape index (κ3) is 2.96. The number of unbranched alkanes of at least 4 members (excludes halogenated alkanes) is 1. The number of nitrogens with one attached hydrogen (secondary N) is 1. The summed E-state index contributed by atoms with van der Waals surface area (Å²) in [5, 5.41) is 2.87. The molecular weight excluding hydrogens is 210 g/mol. The van der Waals surface area contributed by atoms with Gasteiger partial charge in [0.25, 0.3) is 0 Å². The quantitative estimate of drug-likeness (QED) is 0.836. The zero-order valence-corrected chi connectivity index (χ0v) is 9.89. The minimum Gasteiger partial charge on any atom is -0.387 e. The molecule has 0 aliphatic carbocycles. The first-order valence-corrected chi connectivity index (χ1v) is 6.68. The van der Waals surface area contributed by atoms with E-state index in [1.165, 1.54) is 0 Å². The minimum absolute atomic E-state index is 0.193. The van der Waals surface area contributed by atoms with Crippen molar-refractivity contribution < 1.29 is 8.42 Å². The molecule has 0 bridgehead atoms. The molecule has 0 saturated carbocycles. The van der Waals surface area contributed by atoms with Crippen molar-refractivity contribution in [2.45, 2.75) is 24.7 Å². The Morgan fingerprint density at radius 1 is 1.47 bits per heavy atom. The highest BCUT2D eigenvalue weighted by molar-refractivity contribution is 7.91. The molecule has 1 N–H and O–H groups in total. The van der Waals surface area contributed by atoms with Crippen LogP contribution in [-0.4, -0.2) is 21.2 Å². The van der Waals surface area contributed by atoms with Gasteiger partial charge in [0.2, 0.25) is 0 Å². The average molecular weight is 226 g/mol. The Morgan fingerprint density at radius 3 is 2.80 bits per heavy atom. The zero-order valence-electron chi connectivity index (χ0n) is 9.08. The molecule has 83 valence electrons. The van der Waals surface area contributed by atoms with E-state index in [0.29, 0.717) is 12.1 Å². The summed E-state index contributed by atoms with van der Waals surface area (Å²) in [5.41, 5.74) is 0.619. The molecule has 0 fully saturated rings. The summed E-state index contributed by atoms with van der Waals surface area (Å²) in [5.74, 6) is 0.193. The van der Waals surface area contributed by atoms with Crippen LogP contribution in [0.2, 0.25) is 0 Å². The number of hydrogen-bond acceptors (Lipinski definition) is 3. The molecule has 1 rings (SSSR count). The lowest BCUT2D eigenvalue weighted by Gasteiger charge is -2.08. The third-order valence-corrected chi connectivity index (χ3v) is 3.95. The Bertz CT molecular complexity index is 412.